The van der Waals surface area contributed by atoms with Crippen molar-refractivity contribution in [2.45, 2.75) is 32.9 Å². The van der Waals surface area contributed by atoms with E-state index in [1.165, 1.54) is 4.90 Å². The third-order valence-corrected chi connectivity index (χ3v) is 4.96. The first kappa shape index (κ1) is 20.9. The molecule has 1 aromatic carbocycles. The Morgan fingerprint density at radius 3 is 2.48 bits per heavy atom. The van der Waals surface area contributed by atoms with Gasteiger partial charge in [0.05, 0.1) is 24.8 Å². The second kappa shape index (κ2) is 9.49. The van der Waals surface area contributed by atoms with Gasteiger partial charge in [-0.05, 0) is 25.0 Å². The second-order valence-corrected chi connectivity index (χ2v) is 7.33. The molecule has 1 amide bonds. The lowest BCUT2D eigenvalue weighted by Crippen LogP contribution is -3.12. The summed E-state index contributed by atoms with van der Waals surface area (Å²) in [5, 5.41) is 11.8. The minimum absolute atomic E-state index is 0.0664. The summed E-state index contributed by atoms with van der Waals surface area (Å²) in [5.41, 5.74) is 0.547. The molecule has 1 aromatic rings. The molecule has 1 atom stereocenters. The first-order valence-electron chi connectivity index (χ1n) is 9.23. The first-order valence-corrected chi connectivity index (χ1v) is 9.23. The first-order chi connectivity index (χ1) is 12.8. The number of hydrogen-bond acceptors (Lipinski definition) is 5. The quantitative estimate of drug-likeness (QED) is 0.670. The van der Waals surface area contributed by atoms with E-state index in [0.29, 0.717) is 5.56 Å². The normalized spacial score (nSPS) is 17.0. The van der Waals surface area contributed by atoms with E-state index in [9.17, 15) is 14.9 Å². The lowest BCUT2D eigenvalue weighted by molar-refractivity contribution is -0.921. The van der Waals surface area contributed by atoms with Crippen LogP contribution >= 0.6 is 0 Å². The maximum atomic E-state index is 12.1. The molecule has 1 heterocycles. The van der Waals surface area contributed by atoms with Crippen LogP contribution in [0.25, 0.3) is 0 Å². The number of esters is 1. The van der Waals surface area contributed by atoms with Crippen LogP contribution in [0.4, 0.5) is 0 Å². The van der Waals surface area contributed by atoms with Crippen molar-refractivity contribution in [2.75, 3.05) is 32.9 Å². The molecule has 0 aliphatic carbocycles. The topological polar surface area (TPSA) is 92.9 Å². The monoisotopic (exact) mass is 374 g/mol. The van der Waals surface area contributed by atoms with Crippen LogP contribution < -0.4 is 10.2 Å². The van der Waals surface area contributed by atoms with Crippen LogP contribution in [0, 0.1) is 17.2 Å². The summed E-state index contributed by atoms with van der Waals surface area (Å²) in [6.07, 6.45) is 0. The van der Waals surface area contributed by atoms with Crippen LogP contribution in [-0.2, 0) is 20.8 Å². The Kier molecular flexibility index (Phi) is 7.34. The van der Waals surface area contributed by atoms with Gasteiger partial charge >= 0.3 is 5.97 Å². The van der Waals surface area contributed by atoms with Crippen molar-refractivity contribution in [1.29, 1.82) is 5.26 Å². The predicted molar refractivity (Wildman–Crippen MR) is 98.9 cm³/mol. The molecule has 0 radical (unpaired) electrons. The second-order valence-electron chi connectivity index (χ2n) is 7.33. The Hall–Kier alpha value is -2.43. The minimum Gasteiger partial charge on any atom is -0.452 e. The van der Waals surface area contributed by atoms with Crippen molar-refractivity contribution in [3.63, 3.8) is 0 Å². The van der Waals surface area contributed by atoms with Gasteiger partial charge in [-0.1, -0.05) is 26.0 Å². The summed E-state index contributed by atoms with van der Waals surface area (Å²) in [6, 6.07) is 9.32. The van der Waals surface area contributed by atoms with Crippen molar-refractivity contribution in [3.8, 4) is 6.07 Å². The fourth-order valence-corrected chi connectivity index (χ4v) is 2.73. The molecular weight excluding hydrogens is 346 g/mol. The number of ether oxygens (including phenoxy) is 2. The van der Waals surface area contributed by atoms with Gasteiger partial charge < -0.3 is 19.7 Å². The van der Waals surface area contributed by atoms with E-state index in [1.54, 1.807) is 19.1 Å². The number of rotatable bonds is 7. The summed E-state index contributed by atoms with van der Waals surface area (Å²) < 4.78 is 10.4. The van der Waals surface area contributed by atoms with Crippen molar-refractivity contribution >= 4 is 11.9 Å². The van der Waals surface area contributed by atoms with Crippen LogP contribution in [0.3, 0.4) is 0 Å². The van der Waals surface area contributed by atoms with Crippen LogP contribution in [0.1, 0.15) is 36.7 Å². The summed E-state index contributed by atoms with van der Waals surface area (Å²) in [6.45, 7) is 9.34. The van der Waals surface area contributed by atoms with Gasteiger partial charge in [0.1, 0.15) is 25.2 Å². The average Bonchev–Trinajstić information content (AvgIpc) is 2.67. The standard InChI is InChI=1S/C20H27N3O4/c1-15(2)20(3,14-21)22-18(24)13-27-19(25)17-6-4-16(5-7-17)12-23-8-10-26-11-9-23/h4-7,15H,8-13H2,1-3H3,(H,22,24)/p+1/t20-/m0/s1. The fraction of sp³-hybridized carbons (Fsp3) is 0.550. The van der Waals surface area contributed by atoms with Gasteiger partial charge in [-0.3, -0.25) is 4.79 Å². The van der Waals surface area contributed by atoms with Crippen LogP contribution in [-0.4, -0.2) is 50.3 Å². The highest BCUT2D eigenvalue weighted by atomic mass is 16.5. The number of nitriles is 1. The highest BCUT2D eigenvalue weighted by Crippen LogP contribution is 2.15. The Balaban J connectivity index is 1.83. The number of nitrogens with zero attached hydrogens (tertiary/aromatic N) is 1. The van der Waals surface area contributed by atoms with Crippen LogP contribution in [0.5, 0.6) is 0 Å². The lowest BCUT2D eigenvalue weighted by atomic mass is 9.90. The van der Waals surface area contributed by atoms with Gasteiger partial charge in [0.2, 0.25) is 0 Å². The molecule has 7 heteroatoms. The van der Waals surface area contributed by atoms with Gasteiger partial charge in [-0.2, -0.15) is 5.26 Å². The summed E-state index contributed by atoms with van der Waals surface area (Å²) in [4.78, 5) is 25.6. The van der Waals surface area contributed by atoms with Crippen molar-refractivity contribution in [3.05, 3.63) is 35.4 Å². The molecular formula is C20H28N3O4+. The molecule has 1 fully saturated rings. The number of nitrogens with one attached hydrogen (secondary N) is 2. The highest BCUT2D eigenvalue weighted by molar-refractivity contribution is 5.91. The number of hydrogen-bond donors (Lipinski definition) is 2. The third kappa shape index (κ3) is 6.05. The Bertz CT molecular complexity index is 690. The van der Waals surface area contributed by atoms with Crippen LogP contribution in [0.15, 0.2) is 24.3 Å². The number of quaternary nitrogens is 1. The summed E-state index contributed by atoms with van der Waals surface area (Å²) in [5.74, 6) is -1.12. The molecule has 146 valence electrons. The molecule has 27 heavy (non-hydrogen) atoms. The number of morpholine rings is 1. The van der Waals surface area contributed by atoms with E-state index in [1.807, 2.05) is 26.0 Å². The summed E-state index contributed by atoms with van der Waals surface area (Å²) >= 11 is 0. The molecule has 0 saturated carbocycles. The van der Waals surface area contributed by atoms with Crippen molar-refractivity contribution in [2.24, 2.45) is 5.92 Å². The number of carbonyl (C=O) groups is 2. The van der Waals surface area contributed by atoms with Gasteiger partial charge in [0.25, 0.3) is 5.91 Å². The Morgan fingerprint density at radius 1 is 1.30 bits per heavy atom. The maximum Gasteiger partial charge on any atom is 0.338 e. The Labute approximate surface area is 160 Å². The number of amides is 1. The average molecular weight is 374 g/mol. The van der Waals surface area contributed by atoms with E-state index < -0.39 is 24.0 Å². The molecule has 2 N–H and O–H groups in total. The molecule has 0 bridgehead atoms. The van der Waals surface area contributed by atoms with Crippen LogP contribution in [0.2, 0.25) is 0 Å². The van der Waals surface area contributed by atoms with E-state index in [0.717, 1.165) is 38.4 Å². The van der Waals surface area contributed by atoms with Crippen molar-refractivity contribution in [1.82, 2.24) is 5.32 Å². The smallest absolute Gasteiger partial charge is 0.338 e. The largest absolute Gasteiger partial charge is 0.452 e. The molecule has 1 aliphatic rings. The molecule has 1 aliphatic heterocycles. The van der Waals surface area contributed by atoms with Gasteiger partial charge in [-0.15, -0.1) is 0 Å². The predicted octanol–water partition coefficient (Wildman–Crippen LogP) is 0.313. The SMILES string of the molecule is CC(C)[C@](C)(C#N)NC(=O)COC(=O)c1ccc(C[NH+]2CCOCC2)cc1. The maximum absolute atomic E-state index is 12.1. The lowest BCUT2D eigenvalue weighted by Gasteiger charge is -2.27. The molecule has 7 nitrogen and oxygen atoms in total. The zero-order valence-electron chi connectivity index (χ0n) is 16.2. The molecule has 0 unspecified atom stereocenters. The Morgan fingerprint density at radius 2 is 1.93 bits per heavy atom. The molecule has 0 aromatic heterocycles. The fourth-order valence-electron chi connectivity index (χ4n) is 2.73. The molecule has 0 spiro atoms. The number of benzene rings is 1. The van der Waals surface area contributed by atoms with Gasteiger partial charge in [0.15, 0.2) is 6.61 Å². The van der Waals surface area contributed by atoms with Gasteiger partial charge in [0, 0.05) is 5.56 Å². The van der Waals surface area contributed by atoms with E-state index in [4.69, 9.17) is 9.47 Å². The zero-order valence-corrected chi connectivity index (χ0v) is 16.2. The molecule has 2 rings (SSSR count). The summed E-state index contributed by atoms with van der Waals surface area (Å²) in [7, 11) is 0. The number of carbonyl (C=O) groups excluding carboxylic acids is 2. The van der Waals surface area contributed by atoms with Gasteiger partial charge in [-0.25, -0.2) is 4.79 Å². The minimum atomic E-state index is -0.993. The zero-order chi connectivity index (χ0) is 19.9. The van der Waals surface area contributed by atoms with E-state index in [-0.39, 0.29) is 5.92 Å². The third-order valence-electron chi connectivity index (χ3n) is 4.96. The highest BCUT2D eigenvalue weighted by Gasteiger charge is 2.30. The van der Waals surface area contributed by atoms with E-state index in [2.05, 4.69) is 11.4 Å². The van der Waals surface area contributed by atoms with E-state index >= 15 is 0 Å². The van der Waals surface area contributed by atoms with Crippen molar-refractivity contribution < 1.29 is 24.0 Å². The molecule has 1 saturated heterocycles.